The molecule has 21 heavy (non-hydrogen) atoms. The molecular formula is C18H36O2Sn. The predicted octanol–water partition coefficient (Wildman–Crippen LogP) is 5.88. The van der Waals surface area contributed by atoms with E-state index >= 15 is 0 Å². The zero-order valence-electron chi connectivity index (χ0n) is 14.8. The van der Waals surface area contributed by atoms with Crippen molar-refractivity contribution in [2.24, 2.45) is 0 Å². The average Bonchev–Trinajstić information content (AvgIpc) is 2.45. The van der Waals surface area contributed by atoms with Crippen LogP contribution in [-0.2, 0) is 9.53 Å². The van der Waals surface area contributed by atoms with Gasteiger partial charge in [0.1, 0.15) is 0 Å². The molecule has 0 amide bonds. The first-order chi connectivity index (χ1) is 10.0. The van der Waals surface area contributed by atoms with E-state index in [1.54, 1.807) is 6.92 Å². The number of carbonyl (C=O) groups excluding carboxylic acids is 1. The molecule has 0 aromatic heterocycles. The first-order valence-electron chi connectivity index (χ1n) is 8.84. The van der Waals surface area contributed by atoms with Crippen molar-refractivity contribution < 1.29 is 9.53 Å². The molecule has 0 spiro atoms. The van der Waals surface area contributed by atoms with Gasteiger partial charge in [-0.1, -0.05) is 0 Å². The minimum absolute atomic E-state index is 0.321. The molecule has 0 radical (unpaired) electrons. The van der Waals surface area contributed by atoms with Crippen molar-refractivity contribution in [3.63, 3.8) is 0 Å². The molecule has 0 saturated carbocycles. The van der Waals surface area contributed by atoms with Gasteiger partial charge >= 0.3 is 137 Å². The Morgan fingerprint density at radius 2 is 1.48 bits per heavy atom. The van der Waals surface area contributed by atoms with Crippen LogP contribution in [0.4, 0.5) is 0 Å². The van der Waals surface area contributed by atoms with Gasteiger partial charge in [0.25, 0.3) is 0 Å². The maximum atomic E-state index is 11.1. The van der Waals surface area contributed by atoms with Gasteiger partial charge in [-0.3, -0.25) is 0 Å². The van der Waals surface area contributed by atoms with Crippen molar-refractivity contribution in [3.8, 4) is 0 Å². The Balaban J connectivity index is 4.78. The van der Waals surface area contributed by atoms with Gasteiger partial charge in [0.15, 0.2) is 0 Å². The number of hydrogen-bond acceptors (Lipinski definition) is 2. The van der Waals surface area contributed by atoms with Crippen molar-refractivity contribution in [3.05, 3.63) is 10.4 Å². The van der Waals surface area contributed by atoms with Gasteiger partial charge < -0.3 is 0 Å². The third kappa shape index (κ3) is 8.90. The molecule has 0 bridgehead atoms. The molecule has 0 aliphatic heterocycles. The van der Waals surface area contributed by atoms with Gasteiger partial charge in [-0.25, -0.2) is 0 Å². The second kappa shape index (κ2) is 12.5. The Morgan fingerprint density at radius 3 is 1.90 bits per heavy atom. The van der Waals surface area contributed by atoms with E-state index in [1.807, 2.05) is 0 Å². The van der Waals surface area contributed by atoms with Crippen molar-refractivity contribution in [2.45, 2.75) is 86.0 Å². The van der Waals surface area contributed by atoms with Gasteiger partial charge in [0, 0.05) is 0 Å². The van der Waals surface area contributed by atoms with E-state index in [4.69, 9.17) is 4.74 Å². The summed E-state index contributed by atoms with van der Waals surface area (Å²) in [4.78, 5) is 11.1. The van der Waals surface area contributed by atoms with E-state index in [0.29, 0.717) is 5.78 Å². The number of ether oxygens (including phenoxy) is 1. The molecule has 0 aromatic rings. The minimum atomic E-state index is -2.42. The van der Waals surface area contributed by atoms with E-state index in [9.17, 15) is 4.79 Å². The van der Waals surface area contributed by atoms with E-state index in [-0.39, 0.29) is 0 Å². The fourth-order valence-electron chi connectivity index (χ4n) is 2.99. The zero-order valence-corrected chi connectivity index (χ0v) is 17.7. The van der Waals surface area contributed by atoms with Crippen LogP contribution in [0.1, 0.15) is 72.6 Å². The van der Waals surface area contributed by atoms with Gasteiger partial charge in [-0.05, 0) is 0 Å². The third-order valence-electron chi connectivity index (χ3n) is 4.36. The molecule has 2 nitrogen and oxygen atoms in total. The number of carbonyl (C=O) groups is 1. The second-order valence-corrected chi connectivity index (χ2v) is 19.4. The van der Waals surface area contributed by atoms with Crippen LogP contribution in [0.25, 0.3) is 0 Å². The number of ketones is 1. The van der Waals surface area contributed by atoms with E-state index in [2.05, 4.69) is 27.4 Å². The molecule has 0 aliphatic carbocycles. The molecule has 0 N–H and O–H groups in total. The number of rotatable bonds is 14. The van der Waals surface area contributed by atoms with Crippen molar-refractivity contribution >= 4 is 24.2 Å². The van der Waals surface area contributed by atoms with Crippen molar-refractivity contribution in [2.75, 3.05) is 6.61 Å². The fraction of sp³-hybridized carbons (Fsp3) is 0.833. The predicted molar refractivity (Wildman–Crippen MR) is 95.3 cm³/mol. The summed E-state index contributed by atoms with van der Waals surface area (Å²) >= 11 is -2.42. The molecule has 0 fully saturated rings. The molecule has 0 aromatic carbocycles. The van der Waals surface area contributed by atoms with Crippen molar-refractivity contribution in [1.29, 1.82) is 0 Å². The average molecular weight is 403 g/mol. The summed E-state index contributed by atoms with van der Waals surface area (Å²) in [6.07, 6.45) is 8.14. The van der Waals surface area contributed by atoms with Gasteiger partial charge in [-0.15, -0.1) is 0 Å². The van der Waals surface area contributed by atoms with Crippen molar-refractivity contribution in [1.82, 2.24) is 0 Å². The summed E-state index contributed by atoms with van der Waals surface area (Å²) in [5.74, 6) is 0.321. The molecule has 0 aliphatic rings. The van der Waals surface area contributed by atoms with E-state index < -0.39 is 18.4 Å². The molecule has 124 valence electrons. The van der Waals surface area contributed by atoms with E-state index in [0.717, 1.165) is 19.4 Å². The van der Waals surface area contributed by atoms with Crippen LogP contribution in [0.5, 0.6) is 0 Å². The Hall–Kier alpha value is 0.00870. The first kappa shape index (κ1) is 21.0. The molecule has 3 heteroatoms. The number of hydrogen-bond donors (Lipinski definition) is 0. The Bertz CT molecular complexity index is 292. The molecule has 0 saturated heterocycles. The SMILES string of the molecule is C=[C](OCC)[Sn]([CH2]CCC)([CH2]CCC)[CH2]CCCC(C)=O. The molecule has 0 rings (SSSR count). The second-order valence-electron chi connectivity index (χ2n) is 6.25. The topological polar surface area (TPSA) is 26.3 Å². The molecule has 0 atom stereocenters. The van der Waals surface area contributed by atoms with E-state index in [1.165, 1.54) is 49.2 Å². The van der Waals surface area contributed by atoms with Crippen LogP contribution >= 0.6 is 0 Å². The normalized spacial score (nSPS) is 11.4. The summed E-state index contributed by atoms with van der Waals surface area (Å²) in [5.41, 5.74) is 0. The molecular weight excluding hydrogens is 367 g/mol. The Morgan fingerprint density at radius 1 is 0.952 bits per heavy atom. The molecule has 0 heterocycles. The van der Waals surface area contributed by atoms with Crippen LogP contribution in [-0.4, -0.2) is 30.8 Å². The first-order valence-corrected chi connectivity index (χ1v) is 16.3. The Kier molecular flexibility index (Phi) is 12.5. The standard InChI is InChI=1S/C6H11O.C4H7O.2C4H9.Sn/c1-3-4-5-6(2)7;1-3-5-4-2;2*1-3-4-2;/h1,3-5H2,2H3;1,4H2,2H3;2*1,3-4H2,2H3;. The monoisotopic (exact) mass is 404 g/mol. The number of Topliss-reactive ketones (excluding diaryl/α,β-unsaturated/α-hetero) is 1. The summed E-state index contributed by atoms with van der Waals surface area (Å²) in [6.45, 7) is 13.4. The third-order valence-corrected chi connectivity index (χ3v) is 19.4. The zero-order chi connectivity index (χ0) is 16.1. The van der Waals surface area contributed by atoms with Crippen LogP contribution in [0.2, 0.25) is 13.3 Å². The van der Waals surface area contributed by atoms with Crippen LogP contribution in [0.3, 0.4) is 0 Å². The Labute approximate surface area is 136 Å². The fourth-order valence-corrected chi connectivity index (χ4v) is 17.3. The van der Waals surface area contributed by atoms with Gasteiger partial charge in [-0.2, -0.15) is 0 Å². The van der Waals surface area contributed by atoms with Crippen LogP contribution < -0.4 is 0 Å². The molecule has 0 unspecified atom stereocenters. The maximum absolute atomic E-state index is 11.1. The van der Waals surface area contributed by atoms with Crippen LogP contribution in [0.15, 0.2) is 10.4 Å². The van der Waals surface area contributed by atoms with Gasteiger partial charge in [0.05, 0.1) is 0 Å². The summed E-state index contributed by atoms with van der Waals surface area (Å²) < 4.78 is 11.2. The van der Waals surface area contributed by atoms with Crippen LogP contribution in [0, 0.1) is 0 Å². The number of unbranched alkanes of at least 4 members (excludes halogenated alkanes) is 3. The summed E-state index contributed by atoms with van der Waals surface area (Å²) in [7, 11) is 0. The summed E-state index contributed by atoms with van der Waals surface area (Å²) in [5, 5.41) is 0. The summed E-state index contributed by atoms with van der Waals surface area (Å²) in [6, 6.07) is 0. The quantitative estimate of drug-likeness (QED) is 0.206. The van der Waals surface area contributed by atoms with Gasteiger partial charge in [0.2, 0.25) is 0 Å².